The first kappa shape index (κ1) is 15.2. The third-order valence-corrected chi connectivity index (χ3v) is 4.26. The van der Waals surface area contributed by atoms with Crippen molar-refractivity contribution < 1.29 is 4.79 Å². The van der Waals surface area contributed by atoms with Gasteiger partial charge in [0, 0.05) is 17.8 Å². The van der Waals surface area contributed by atoms with Gasteiger partial charge in [-0.25, -0.2) is 0 Å². The third-order valence-electron chi connectivity index (χ3n) is 3.23. The summed E-state index contributed by atoms with van der Waals surface area (Å²) in [6.45, 7) is 0.290. The molecule has 20 heavy (non-hydrogen) atoms. The maximum atomic E-state index is 11.8. The number of rotatable bonds is 5. The number of benzene rings is 1. The maximum absolute atomic E-state index is 11.8. The lowest BCUT2D eigenvalue weighted by Crippen LogP contribution is -2.35. The van der Waals surface area contributed by atoms with Crippen LogP contribution in [-0.4, -0.2) is 17.3 Å². The van der Waals surface area contributed by atoms with Crippen LogP contribution >= 0.6 is 35.4 Å². The molecule has 0 unspecified atom stereocenters. The molecule has 104 valence electrons. The summed E-state index contributed by atoms with van der Waals surface area (Å²) in [5.74, 6) is -0.225. The molecule has 1 aliphatic carbocycles. The van der Waals surface area contributed by atoms with Crippen molar-refractivity contribution in [1.82, 2.24) is 5.32 Å². The molecule has 1 N–H and O–H groups in total. The Bertz CT molecular complexity index is 606. The van der Waals surface area contributed by atoms with Crippen molar-refractivity contribution in [2.45, 2.75) is 19.3 Å². The van der Waals surface area contributed by atoms with Crippen LogP contribution in [0, 0.1) is 16.7 Å². The smallest absolute Gasteiger partial charge is 0.240 e. The molecule has 0 aromatic heterocycles. The third kappa shape index (κ3) is 3.49. The number of nitrogens with one attached hydrogen (secondary N) is 1. The molecule has 1 saturated carbocycles. The molecule has 0 aliphatic heterocycles. The van der Waals surface area contributed by atoms with Crippen molar-refractivity contribution in [3.63, 3.8) is 0 Å². The predicted molar refractivity (Wildman–Crippen MR) is 83.1 cm³/mol. The second kappa shape index (κ2) is 6.09. The largest absolute Gasteiger partial charge is 0.350 e. The van der Waals surface area contributed by atoms with E-state index in [4.69, 9.17) is 40.7 Å². The Labute approximate surface area is 132 Å². The van der Waals surface area contributed by atoms with Gasteiger partial charge in [0.1, 0.15) is 5.41 Å². The van der Waals surface area contributed by atoms with Gasteiger partial charge in [0.05, 0.1) is 16.1 Å². The normalized spacial score (nSPS) is 15.2. The minimum atomic E-state index is -0.806. The first-order valence-electron chi connectivity index (χ1n) is 6.12. The van der Waals surface area contributed by atoms with Crippen molar-refractivity contribution in [2.75, 3.05) is 6.54 Å². The van der Waals surface area contributed by atoms with E-state index in [1.54, 1.807) is 12.1 Å². The van der Waals surface area contributed by atoms with Crippen molar-refractivity contribution in [1.29, 1.82) is 5.26 Å². The summed E-state index contributed by atoms with van der Waals surface area (Å²) in [5, 5.41) is 12.6. The van der Waals surface area contributed by atoms with Gasteiger partial charge < -0.3 is 5.32 Å². The van der Waals surface area contributed by atoms with Gasteiger partial charge in [-0.2, -0.15) is 5.26 Å². The van der Waals surface area contributed by atoms with Gasteiger partial charge in [-0.05, 0) is 30.5 Å². The molecule has 6 heteroatoms. The van der Waals surface area contributed by atoms with Crippen LogP contribution in [-0.2, 0) is 11.2 Å². The van der Waals surface area contributed by atoms with Gasteiger partial charge >= 0.3 is 0 Å². The fourth-order valence-corrected chi connectivity index (χ4v) is 2.36. The molecule has 1 aromatic carbocycles. The van der Waals surface area contributed by atoms with Crippen LogP contribution < -0.4 is 5.32 Å². The number of hydrogen-bond donors (Lipinski definition) is 1. The van der Waals surface area contributed by atoms with E-state index < -0.39 is 5.41 Å². The number of nitrogens with zero attached hydrogens (tertiary/aromatic N) is 1. The van der Waals surface area contributed by atoms with Crippen molar-refractivity contribution in [2.24, 2.45) is 5.41 Å². The molecular weight excluding hydrogens is 315 g/mol. The highest BCUT2D eigenvalue weighted by molar-refractivity contribution is 7.80. The lowest BCUT2D eigenvalue weighted by Gasteiger charge is -2.09. The SMILES string of the molecule is N#CC1(C(=O)NCC(=S)Cc2ccc(Cl)c(Cl)c2)CC1. The number of amides is 1. The minimum absolute atomic E-state index is 0.225. The number of hydrogen-bond acceptors (Lipinski definition) is 3. The molecule has 0 saturated heterocycles. The van der Waals surface area contributed by atoms with E-state index in [1.165, 1.54) is 0 Å². The Morgan fingerprint density at radius 1 is 1.40 bits per heavy atom. The highest BCUT2D eigenvalue weighted by atomic mass is 35.5. The van der Waals surface area contributed by atoms with Gasteiger partial charge in [-0.1, -0.05) is 41.5 Å². The molecule has 1 aliphatic rings. The Morgan fingerprint density at radius 2 is 2.10 bits per heavy atom. The molecular formula is C14H12Cl2N2OS. The fourth-order valence-electron chi connectivity index (χ4n) is 1.80. The quantitative estimate of drug-likeness (QED) is 0.844. The second-order valence-corrected chi connectivity index (χ2v) is 6.23. The summed E-state index contributed by atoms with van der Waals surface area (Å²) in [5.41, 5.74) is 0.138. The lowest BCUT2D eigenvalue weighted by atomic mass is 10.1. The van der Waals surface area contributed by atoms with E-state index in [1.807, 2.05) is 6.07 Å². The summed E-state index contributed by atoms with van der Waals surface area (Å²) in [6, 6.07) is 7.38. The molecule has 1 aromatic rings. The average Bonchev–Trinajstić information content (AvgIpc) is 3.21. The Morgan fingerprint density at radius 3 is 2.65 bits per heavy atom. The molecule has 0 spiro atoms. The number of nitriles is 1. The molecule has 0 atom stereocenters. The standard InChI is InChI=1S/C14H12Cl2N2OS/c15-11-2-1-9(6-12(11)16)5-10(20)7-18-13(19)14(8-17)3-4-14/h1-2,6H,3-5,7H2,(H,18,19). The molecule has 0 bridgehead atoms. The Kier molecular flexibility index (Phi) is 4.64. The van der Waals surface area contributed by atoms with Crippen LogP contribution in [0.4, 0.5) is 0 Å². The lowest BCUT2D eigenvalue weighted by molar-refractivity contribution is -0.124. The topological polar surface area (TPSA) is 52.9 Å². The van der Waals surface area contributed by atoms with Crippen LogP contribution in [0.3, 0.4) is 0 Å². The number of halogens is 2. The maximum Gasteiger partial charge on any atom is 0.240 e. The van der Waals surface area contributed by atoms with Crippen LogP contribution in [0.5, 0.6) is 0 Å². The average molecular weight is 327 g/mol. The number of carbonyl (C=O) groups excluding carboxylic acids is 1. The summed E-state index contributed by atoms with van der Waals surface area (Å²) in [6.07, 6.45) is 1.80. The first-order valence-corrected chi connectivity index (χ1v) is 7.28. The molecule has 1 fully saturated rings. The van der Waals surface area contributed by atoms with Crippen LogP contribution in [0.1, 0.15) is 18.4 Å². The van der Waals surface area contributed by atoms with Crippen LogP contribution in [0.25, 0.3) is 0 Å². The van der Waals surface area contributed by atoms with Crippen molar-refractivity contribution in [3.05, 3.63) is 33.8 Å². The summed E-state index contributed by atoms with van der Waals surface area (Å²) in [7, 11) is 0. The summed E-state index contributed by atoms with van der Waals surface area (Å²) >= 11 is 17.0. The summed E-state index contributed by atoms with van der Waals surface area (Å²) in [4.78, 5) is 12.5. The van der Waals surface area contributed by atoms with Gasteiger partial charge in [-0.15, -0.1) is 0 Å². The van der Waals surface area contributed by atoms with E-state index in [9.17, 15) is 4.79 Å². The minimum Gasteiger partial charge on any atom is -0.350 e. The van der Waals surface area contributed by atoms with Crippen LogP contribution in [0.15, 0.2) is 18.2 Å². The van der Waals surface area contributed by atoms with Gasteiger partial charge in [0.15, 0.2) is 0 Å². The summed E-state index contributed by atoms with van der Waals surface area (Å²) < 4.78 is 0. The zero-order chi connectivity index (χ0) is 14.8. The van der Waals surface area contributed by atoms with Crippen molar-refractivity contribution in [3.8, 4) is 6.07 Å². The van der Waals surface area contributed by atoms with Crippen LogP contribution in [0.2, 0.25) is 10.0 Å². The van der Waals surface area contributed by atoms with Gasteiger partial charge in [0.2, 0.25) is 5.91 Å². The Balaban J connectivity index is 1.85. The van der Waals surface area contributed by atoms with E-state index in [-0.39, 0.29) is 12.5 Å². The zero-order valence-corrected chi connectivity index (χ0v) is 12.9. The van der Waals surface area contributed by atoms with E-state index in [0.29, 0.717) is 34.2 Å². The highest BCUT2D eigenvalue weighted by Crippen LogP contribution is 2.44. The fraction of sp³-hybridized carbons (Fsp3) is 0.357. The monoisotopic (exact) mass is 326 g/mol. The molecule has 3 nitrogen and oxygen atoms in total. The molecule has 0 radical (unpaired) electrons. The molecule has 1 amide bonds. The highest BCUT2D eigenvalue weighted by Gasteiger charge is 2.50. The molecule has 0 heterocycles. The van der Waals surface area contributed by atoms with Gasteiger partial charge in [0.25, 0.3) is 0 Å². The van der Waals surface area contributed by atoms with Gasteiger partial charge in [-0.3, -0.25) is 4.79 Å². The Hall–Kier alpha value is -1.15. The molecule has 2 rings (SSSR count). The predicted octanol–water partition coefficient (Wildman–Crippen LogP) is 3.33. The van der Waals surface area contributed by atoms with Crippen molar-refractivity contribution >= 4 is 46.2 Å². The van der Waals surface area contributed by atoms with E-state index in [2.05, 4.69) is 11.4 Å². The number of thiocarbonyl (C=S) groups is 1. The van der Waals surface area contributed by atoms with E-state index >= 15 is 0 Å². The second-order valence-electron chi connectivity index (χ2n) is 4.84. The first-order chi connectivity index (χ1) is 9.47. The zero-order valence-electron chi connectivity index (χ0n) is 10.6. The van der Waals surface area contributed by atoms with E-state index in [0.717, 1.165) is 5.56 Å². The number of carbonyl (C=O) groups is 1.